The van der Waals surface area contributed by atoms with Gasteiger partial charge in [0.25, 0.3) is 5.91 Å². The SMILES string of the molecule is Nc1c(C(=O)N2CCC(CCO)C2)sc2nccnc12. The molecule has 0 aromatic carbocycles. The molecule has 1 amide bonds. The summed E-state index contributed by atoms with van der Waals surface area (Å²) in [5.41, 5.74) is 7.05. The van der Waals surface area contributed by atoms with Crippen LogP contribution in [-0.2, 0) is 0 Å². The van der Waals surface area contributed by atoms with E-state index in [0.29, 0.717) is 33.4 Å². The molecular formula is C13H16N4O2S. The Kier molecular flexibility index (Phi) is 3.54. The minimum absolute atomic E-state index is 0.0484. The number of carbonyl (C=O) groups excluding carboxylic acids is 1. The minimum Gasteiger partial charge on any atom is -0.396 e. The predicted molar refractivity (Wildman–Crippen MR) is 77.5 cm³/mol. The Morgan fingerprint density at radius 2 is 2.30 bits per heavy atom. The van der Waals surface area contributed by atoms with Crippen molar-refractivity contribution >= 4 is 33.3 Å². The number of thiophene rings is 1. The topological polar surface area (TPSA) is 92.3 Å². The highest BCUT2D eigenvalue weighted by atomic mass is 32.1. The average molecular weight is 292 g/mol. The fourth-order valence-corrected chi connectivity index (χ4v) is 3.57. The molecule has 0 radical (unpaired) electrons. The first-order valence-electron chi connectivity index (χ1n) is 6.60. The quantitative estimate of drug-likeness (QED) is 0.884. The molecule has 1 aliphatic rings. The van der Waals surface area contributed by atoms with Gasteiger partial charge in [-0.05, 0) is 18.8 Å². The van der Waals surface area contributed by atoms with E-state index >= 15 is 0 Å². The number of amides is 1. The highest BCUT2D eigenvalue weighted by Gasteiger charge is 2.29. The van der Waals surface area contributed by atoms with E-state index in [1.807, 2.05) is 0 Å². The Morgan fingerprint density at radius 1 is 1.50 bits per heavy atom. The largest absolute Gasteiger partial charge is 0.396 e. The highest BCUT2D eigenvalue weighted by Crippen LogP contribution is 2.32. The molecule has 1 saturated heterocycles. The number of nitrogens with two attached hydrogens (primary N) is 1. The molecular weight excluding hydrogens is 276 g/mol. The summed E-state index contributed by atoms with van der Waals surface area (Å²) in [7, 11) is 0. The molecule has 3 heterocycles. The molecule has 1 fully saturated rings. The summed E-state index contributed by atoms with van der Waals surface area (Å²) in [6.07, 6.45) is 4.86. The lowest BCUT2D eigenvalue weighted by molar-refractivity contribution is 0.0790. The molecule has 106 valence electrons. The van der Waals surface area contributed by atoms with Crippen LogP contribution in [-0.4, -0.2) is 45.6 Å². The molecule has 0 bridgehead atoms. The van der Waals surface area contributed by atoms with Crippen molar-refractivity contribution in [2.24, 2.45) is 5.92 Å². The number of aliphatic hydroxyl groups is 1. The maximum absolute atomic E-state index is 12.5. The normalized spacial score (nSPS) is 18.9. The van der Waals surface area contributed by atoms with Crippen LogP contribution in [0.4, 0.5) is 5.69 Å². The monoisotopic (exact) mass is 292 g/mol. The Labute approximate surface area is 120 Å². The Hall–Kier alpha value is -1.73. The van der Waals surface area contributed by atoms with Gasteiger partial charge in [-0.1, -0.05) is 0 Å². The third kappa shape index (κ3) is 2.23. The molecule has 0 spiro atoms. The summed E-state index contributed by atoms with van der Waals surface area (Å²) < 4.78 is 0. The van der Waals surface area contributed by atoms with Crippen molar-refractivity contribution in [3.8, 4) is 0 Å². The van der Waals surface area contributed by atoms with Gasteiger partial charge in [-0.3, -0.25) is 4.79 Å². The molecule has 7 heteroatoms. The van der Waals surface area contributed by atoms with Crippen LogP contribution in [0.5, 0.6) is 0 Å². The zero-order valence-corrected chi connectivity index (χ0v) is 11.8. The maximum Gasteiger partial charge on any atom is 0.266 e. The minimum atomic E-state index is -0.0484. The average Bonchev–Trinajstić information content (AvgIpc) is 3.05. The molecule has 1 aliphatic heterocycles. The Bertz CT molecular complexity index is 642. The first-order chi connectivity index (χ1) is 9.70. The van der Waals surface area contributed by atoms with E-state index in [4.69, 9.17) is 10.8 Å². The third-order valence-corrected chi connectivity index (χ3v) is 4.76. The number of hydrogen-bond acceptors (Lipinski definition) is 6. The van der Waals surface area contributed by atoms with E-state index in [-0.39, 0.29) is 12.5 Å². The first kappa shape index (κ1) is 13.3. The Morgan fingerprint density at radius 3 is 3.05 bits per heavy atom. The van der Waals surface area contributed by atoms with Crippen molar-refractivity contribution in [2.75, 3.05) is 25.4 Å². The van der Waals surface area contributed by atoms with Crippen molar-refractivity contribution in [3.05, 3.63) is 17.3 Å². The van der Waals surface area contributed by atoms with E-state index in [1.54, 1.807) is 17.3 Å². The number of anilines is 1. The molecule has 0 aliphatic carbocycles. The van der Waals surface area contributed by atoms with Crippen molar-refractivity contribution in [2.45, 2.75) is 12.8 Å². The Balaban J connectivity index is 1.84. The van der Waals surface area contributed by atoms with Gasteiger partial charge in [-0.25, -0.2) is 9.97 Å². The second-order valence-electron chi connectivity index (χ2n) is 4.97. The van der Waals surface area contributed by atoms with Crippen LogP contribution in [0.3, 0.4) is 0 Å². The number of carbonyl (C=O) groups is 1. The van der Waals surface area contributed by atoms with E-state index in [2.05, 4.69) is 9.97 Å². The van der Waals surface area contributed by atoms with Crippen molar-refractivity contribution in [1.82, 2.24) is 14.9 Å². The summed E-state index contributed by atoms with van der Waals surface area (Å²) in [5.74, 6) is 0.337. The lowest BCUT2D eigenvalue weighted by Gasteiger charge is -2.15. The summed E-state index contributed by atoms with van der Waals surface area (Å²) in [5, 5.41) is 8.97. The first-order valence-corrected chi connectivity index (χ1v) is 7.41. The van der Waals surface area contributed by atoms with Crippen LogP contribution in [0.1, 0.15) is 22.5 Å². The van der Waals surface area contributed by atoms with Gasteiger partial charge in [-0.2, -0.15) is 0 Å². The molecule has 6 nitrogen and oxygen atoms in total. The highest BCUT2D eigenvalue weighted by molar-refractivity contribution is 7.21. The second kappa shape index (κ2) is 5.34. The number of rotatable bonds is 3. The van der Waals surface area contributed by atoms with Gasteiger partial charge in [0.15, 0.2) is 0 Å². The summed E-state index contributed by atoms with van der Waals surface area (Å²) >= 11 is 1.29. The van der Waals surface area contributed by atoms with Gasteiger partial charge in [0.05, 0.1) is 5.69 Å². The molecule has 1 atom stereocenters. The van der Waals surface area contributed by atoms with E-state index in [1.165, 1.54) is 11.3 Å². The number of nitrogen functional groups attached to an aromatic ring is 1. The summed E-state index contributed by atoms with van der Waals surface area (Å²) in [4.78, 5) is 23.9. The van der Waals surface area contributed by atoms with Crippen LogP contribution in [0.25, 0.3) is 10.3 Å². The van der Waals surface area contributed by atoms with Crippen LogP contribution in [0, 0.1) is 5.92 Å². The van der Waals surface area contributed by atoms with E-state index in [9.17, 15) is 4.79 Å². The third-order valence-electron chi connectivity index (χ3n) is 3.67. The predicted octanol–water partition coefficient (Wildman–Crippen LogP) is 1.12. The van der Waals surface area contributed by atoms with Crippen molar-refractivity contribution < 1.29 is 9.90 Å². The van der Waals surface area contributed by atoms with Gasteiger partial charge in [0.1, 0.15) is 15.2 Å². The molecule has 2 aromatic heterocycles. The molecule has 3 rings (SSSR count). The lowest BCUT2D eigenvalue weighted by atomic mass is 10.1. The fraction of sp³-hybridized carbons (Fsp3) is 0.462. The molecule has 0 saturated carbocycles. The molecule has 20 heavy (non-hydrogen) atoms. The van der Waals surface area contributed by atoms with Crippen LogP contribution < -0.4 is 5.73 Å². The zero-order valence-electron chi connectivity index (χ0n) is 11.0. The second-order valence-corrected chi connectivity index (χ2v) is 5.97. The molecule has 2 aromatic rings. The molecule has 1 unspecified atom stereocenters. The van der Waals surface area contributed by atoms with Crippen molar-refractivity contribution in [1.29, 1.82) is 0 Å². The molecule has 3 N–H and O–H groups in total. The van der Waals surface area contributed by atoms with Crippen LogP contribution in [0.15, 0.2) is 12.4 Å². The maximum atomic E-state index is 12.5. The summed E-state index contributed by atoms with van der Waals surface area (Å²) in [6, 6.07) is 0. The number of aliphatic hydroxyl groups excluding tert-OH is 1. The van der Waals surface area contributed by atoms with E-state index in [0.717, 1.165) is 19.4 Å². The fourth-order valence-electron chi connectivity index (χ4n) is 2.58. The van der Waals surface area contributed by atoms with Crippen LogP contribution >= 0.6 is 11.3 Å². The number of nitrogens with zero attached hydrogens (tertiary/aromatic N) is 3. The zero-order chi connectivity index (χ0) is 14.1. The number of aromatic nitrogens is 2. The number of fused-ring (bicyclic) bond motifs is 1. The van der Waals surface area contributed by atoms with Crippen LogP contribution in [0.2, 0.25) is 0 Å². The summed E-state index contributed by atoms with van der Waals surface area (Å²) in [6.45, 7) is 1.58. The number of hydrogen-bond donors (Lipinski definition) is 2. The van der Waals surface area contributed by atoms with Crippen molar-refractivity contribution in [3.63, 3.8) is 0 Å². The van der Waals surface area contributed by atoms with E-state index < -0.39 is 0 Å². The number of likely N-dealkylation sites (tertiary alicyclic amines) is 1. The van der Waals surface area contributed by atoms with Gasteiger partial charge in [0, 0.05) is 32.1 Å². The van der Waals surface area contributed by atoms with Gasteiger partial charge >= 0.3 is 0 Å². The lowest BCUT2D eigenvalue weighted by Crippen LogP contribution is -2.28. The van der Waals surface area contributed by atoms with Gasteiger partial charge in [-0.15, -0.1) is 11.3 Å². The van der Waals surface area contributed by atoms with Gasteiger partial charge in [0.2, 0.25) is 0 Å². The van der Waals surface area contributed by atoms with Gasteiger partial charge < -0.3 is 15.7 Å². The smallest absolute Gasteiger partial charge is 0.266 e. The standard InChI is InChI=1S/C13H16N4O2S/c14-9-10-12(16-4-3-15-10)20-11(9)13(19)17-5-1-8(7-17)2-6-18/h3-4,8,18H,1-2,5-7,14H2.